The fourth-order valence-corrected chi connectivity index (χ4v) is 2.41. The van der Waals surface area contributed by atoms with Gasteiger partial charge in [0.2, 0.25) is 5.69 Å². The highest BCUT2D eigenvalue weighted by Crippen LogP contribution is 2.36. The molecule has 0 saturated carbocycles. The van der Waals surface area contributed by atoms with Crippen LogP contribution < -0.4 is 0 Å². The average molecular weight is 255 g/mol. The van der Waals surface area contributed by atoms with E-state index in [1.165, 1.54) is 0 Å². The molecule has 0 aliphatic heterocycles. The molecule has 0 aromatic heterocycles. The molecule has 3 rings (SSSR count). The molecular weight excluding hydrogens is 242 g/mol. The fourth-order valence-electron chi connectivity index (χ4n) is 2.41. The number of nitrogens with zero attached hydrogens (tertiary/aromatic N) is 1. The van der Waals surface area contributed by atoms with Gasteiger partial charge in [-0.05, 0) is 27.5 Å². The minimum atomic E-state index is 0.678. The predicted octanol–water partition coefficient (Wildman–Crippen LogP) is 5.45. The normalized spacial score (nSPS) is 10.2. The summed E-state index contributed by atoms with van der Waals surface area (Å²) in [5.41, 5.74) is 3.52. The number of rotatable bonds is 2. The Balaban J connectivity index is 2.23. The van der Waals surface area contributed by atoms with Gasteiger partial charge in [-0.3, -0.25) is 0 Å². The topological polar surface area (TPSA) is 4.36 Å². The molecule has 0 aliphatic rings. The fraction of sp³-hybridized carbons (Fsp3) is 0. The van der Waals surface area contributed by atoms with Crippen LogP contribution >= 0.6 is 0 Å². The Kier molecular flexibility index (Phi) is 3.07. The summed E-state index contributed by atoms with van der Waals surface area (Å²) in [4.78, 5) is 3.73. The lowest BCUT2D eigenvalue weighted by atomic mass is 9.95. The van der Waals surface area contributed by atoms with E-state index in [2.05, 4.69) is 11.4 Å². The maximum Gasteiger partial charge on any atom is 0.202 e. The summed E-state index contributed by atoms with van der Waals surface area (Å²) in [6, 6.07) is 22.0. The van der Waals surface area contributed by atoms with E-state index < -0.39 is 0 Å². The Morgan fingerprint density at radius 3 is 2.30 bits per heavy atom. The van der Waals surface area contributed by atoms with E-state index in [-0.39, 0.29) is 0 Å². The van der Waals surface area contributed by atoms with Crippen molar-refractivity contribution in [2.45, 2.75) is 0 Å². The summed E-state index contributed by atoms with van der Waals surface area (Å²) in [6.07, 6.45) is 0. The number of benzene rings is 3. The minimum Gasteiger partial charge on any atom is -0.237 e. The van der Waals surface area contributed by atoms with Crippen molar-refractivity contribution in [3.63, 3.8) is 0 Å². The van der Waals surface area contributed by atoms with Gasteiger partial charge in [-0.25, -0.2) is 4.85 Å². The molecule has 20 heavy (non-hydrogen) atoms. The zero-order valence-electron chi connectivity index (χ0n) is 11.0. The summed E-state index contributed by atoms with van der Waals surface area (Å²) in [7, 11) is 0. The lowest BCUT2D eigenvalue weighted by Crippen LogP contribution is -1.87. The van der Waals surface area contributed by atoms with Crippen molar-refractivity contribution in [2.24, 2.45) is 0 Å². The van der Waals surface area contributed by atoms with Gasteiger partial charge in [0, 0.05) is 0 Å². The Bertz CT molecular complexity index is 823. The van der Waals surface area contributed by atoms with Crippen LogP contribution in [-0.4, -0.2) is 0 Å². The third-order valence-corrected chi connectivity index (χ3v) is 3.46. The summed E-state index contributed by atoms with van der Waals surface area (Å²) >= 11 is 0. The van der Waals surface area contributed by atoms with Crippen LogP contribution in [0.25, 0.3) is 21.2 Å². The van der Waals surface area contributed by atoms with Crippen LogP contribution in [0.15, 0.2) is 73.3 Å². The Hall–Kier alpha value is -2.85. The van der Waals surface area contributed by atoms with E-state index >= 15 is 0 Å². The van der Waals surface area contributed by atoms with Crippen molar-refractivity contribution < 1.29 is 0 Å². The Morgan fingerprint density at radius 2 is 1.55 bits per heavy atom. The average Bonchev–Trinajstić information content (AvgIpc) is 2.54. The van der Waals surface area contributed by atoms with Gasteiger partial charge in [-0.15, -0.1) is 0 Å². The molecule has 0 aliphatic carbocycles. The molecule has 3 aromatic rings. The predicted molar refractivity (Wildman–Crippen MR) is 84.8 cm³/mol. The summed E-state index contributed by atoms with van der Waals surface area (Å²) in [6.45, 7) is 11.7. The second-order valence-electron chi connectivity index (χ2n) is 4.64. The molecular formula is C19H13N. The largest absolute Gasteiger partial charge is 0.237 e. The van der Waals surface area contributed by atoms with Crippen LogP contribution in [0.4, 0.5) is 5.69 Å². The molecule has 0 radical (unpaired) electrons. The monoisotopic (exact) mass is 255 g/mol. The second kappa shape index (κ2) is 5.03. The van der Waals surface area contributed by atoms with Crippen LogP contribution in [-0.2, 0) is 0 Å². The van der Waals surface area contributed by atoms with Crippen molar-refractivity contribution in [1.29, 1.82) is 0 Å². The SMILES string of the molecule is [C-]#[N+]c1c(C(=C)c2ccccc2)ccc2ccccc12. The van der Waals surface area contributed by atoms with Gasteiger partial charge in [0.15, 0.2) is 0 Å². The van der Waals surface area contributed by atoms with E-state index in [4.69, 9.17) is 6.57 Å². The lowest BCUT2D eigenvalue weighted by molar-refractivity contribution is 1.58. The molecule has 0 heterocycles. The van der Waals surface area contributed by atoms with Crippen molar-refractivity contribution >= 4 is 22.0 Å². The Labute approximate surface area is 118 Å². The summed E-state index contributed by atoms with van der Waals surface area (Å²) < 4.78 is 0. The van der Waals surface area contributed by atoms with E-state index in [0.717, 1.165) is 27.5 Å². The highest BCUT2D eigenvalue weighted by molar-refractivity contribution is 6.01. The molecule has 0 fully saturated rings. The molecule has 0 bridgehead atoms. The summed E-state index contributed by atoms with van der Waals surface area (Å²) in [5.74, 6) is 0. The van der Waals surface area contributed by atoms with Gasteiger partial charge in [0.25, 0.3) is 0 Å². The highest BCUT2D eigenvalue weighted by atomic mass is 14.7. The van der Waals surface area contributed by atoms with Gasteiger partial charge in [0.1, 0.15) is 0 Å². The van der Waals surface area contributed by atoms with Crippen molar-refractivity contribution in [3.05, 3.63) is 95.9 Å². The maximum atomic E-state index is 7.51. The van der Waals surface area contributed by atoms with E-state index in [1.54, 1.807) is 0 Å². The first-order valence-corrected chi connectivity index (χ1v) is 6.45. The molecule has 0 spiro atoms. The molecule has 0 amide bonds. The van der Waals surface area contributed by atoms with Crippen molar-refractivity contribution in [2.75, 3.05) is 0 Å². The zero-order valence-corrected chi connectivity index (χ0v) is 11.0. The molecule has 3 aromatic carbocycles. The van der Waals surface area contributed by atoms with Crippen molar-refractivity contribution in [1.82, 2.24) is 0 Å². The first kappa shape index (κ1) is 12.2. The minimum absolute atomic E-state index is 0.678. The first-order chi connectivity index (χ1) is 9.81. The lowest BCUT2D eigenvalue weighted by Gasteiger charge is -2.11. The van der Waals surface area contributed by atoms with Gasteiger partial charge in [0.05, 0.1) is 6.57 Å². The third kappa shape index (κ3) is 1.98. The molecule has 1 heteroatoms. The van der Waals surface area contributed by atoms with Crippen LogP contribution in [0, 0.1) is 6.57 Å². The number of fused-ring (bicyclic) bond motifs is 1. The number of hydrogen-bond donors (Lipinski definition) is 0. The van der Waals surface area contributed by atoms with Crippen molar-refractivity contribution in [3.8, 4) is 0 Å². The van der Waals surface area contributed by atoms with Gasteiger partial charge in [-0.2, -0.15) is 0 Å². The molecule has 1 nitrogen and oxygen atoms in total. The maximum absolute atomic E-state index is 7.51. The zero-order chi connectivity index (χ0) is 13.9. The quantitative estimate of drug-likeness (QED) is 0.536. The first-order valence-electron chi connectivity index (χ1n) is 6.45. The van der Waals surface area contributed by atoms with Crippen LogP contribution in [0.5, 0.6) is 0 Å². The van der Waals surface area contributed by atoms with Crippen LogP contribution in [0.3, 0.4) is 0 Å². The third-order valence-electron chi connectivity index (χ3n) is 3.46. The van der Waals surface area contributed by atoms with E-state index in [9.17, 15) is 0 Å². The second-order valence-corrected chi connectivity index (χ2v) is 4.64. The molecule has 0 atom stereocenters. The molecule has 0 N–H and O–H groups in total. The summed E-state index contributed by atoms with van der Waals surface area (Å²) in [5, 5.41) is 2.07. The smallest absolute Gasteiger partial charge is 0.202 e. The Morgan fingerprint density at radius 1 is 0.850 bits per heavy atom. The van der Waals surface area contributed by atoms with Gasteiger partial charge < -0.3 is 0 Å². The van der Waals surface area contributed by atoms with Gasteiger partial charge in [-0.1, -0.05) is 73.3 Å². The highest BCUT2D eigenvalue weighted by Gasteiger charge is 2.11. The molecule has 94 valence electrons. The molecule has 0 unspecified atom stereocenters. The van der Waals surface area contributed by atoms with Crippen LogP contribution in [0.1, 0.15) is 11.1 Å². The molecule has 0 saturated heterocycles. The van der Waals surface area contributed by atoms with Gasteiger partial charge >= 0.3 is 0 Å². The van der Waals surface area contributed by atoms with Crippen LogP contribution in [0.2, 0.25) is 0 Å². The number of hydrogen-bond acceptors (Lipinski definition) is 0. The standard InChI is InChI=1S/C19H13N/c1-14(15-8-4-3-5-9-15)17-13-12-16-10-6-7-11-18(16)19(17)20-2/h3-13H,1H2. The van der Waals surface area contributed by atoms with E-state index in [1.807, 2.05) is 66.7 Å². The van der Waals surface area contributed by atoms with E-state index in [0.29, 0.717) is 5.69 Å².